The molecular formula is C18H26N6O2. The minimum absolute atomic E-state index is 0.209. The van der Waals surface area contributed by atoms with Gasteiger partial charge >= 0.3 is 0 Å². The molecule has 0 unspecified atom stereocenters. The topological polar surface area (TPSA) is 141 Å². The van der Waals surface area contributed by atoms with E-state index in [0.717, 1.165) is 5.69 Å². The normalized spacial score (nSPS) is 11.2. The van der Waals surface area contributed by atoms with E-state index in [-0.39, 0.29) is 6.54 Å². The van der Waals surface area contributed by atoms with Gasteiger partial charge in [-0.3, -0.25) is 9.97 Å². The molecule has 2 aromatic heterocycles. The van der Waals surface area contributed by atoms with Gasteiger partial charge in [-0.25, -0.2) is 0 Å². The lowest BCUT2D eigenvalue weighted by atomic mass is 10.0. The van der Waals surface area contributed by atoms with Crippen LogP contribution in [0.15, 0.2) is 41.5 Å². The standard InChI is InChI=1S/C9H12N4O.C9H14N2O/c1-9(2,14)8-5-3-4-7(12-8)6-11-13-10;1-9(2,12)8-5-3-4-7(6-10)11-8/h3-5,14H,6H2,1-2H3;3-5,12H,6,10H2,1-2H3. The molecule has 2 aromatic rings. The first-order valence-electron chi connectivity index (χ1n) is 8.16. The first-order valence-corrected chi connectivity index (χ1v) is 8.16. The molecule has 8 nitrogen and oxygen atoms in total. The molecule has 0 aromatic carbocycles. The maximum absolute atomic E-state index is 9.67. The van der Waals surface area contributed by atoms with Gasteiger partial charge in [0.05, 0.1) is 23.6 Å². The Morgan fingerprint density at radius 2 is 1.42 bits per heavy atom. The summed E-state index contributed by atoms with van der Waals surface area (Å²) in [5.74, 6) is 0. The van der Waals surface area contributed by atoms with E-state index < -0.39 is 11.2 Å². The first kappa shape index (κ1) is 21.5. The maximum atomic E-state index is 9.67. The van der Waals surface area contributed by atoms with Crippen LogP contribution in [0.2, 0.25) is 0 Å². The Hall–Kier alpha value is -2.51. The summed E-state index contributed by atoms with van der Waals surface area (Å²) in [6.45, 7) is 7.34. The fraction of sp³-hybridized carbons (Fsp3) is 0.444. The van der Waals surface area contributed by atoms with Crippen molar-refractivity contribution < 1.29 is 10.2 Å². The van der Waals surface area contributed by atoms with E-state index in [4.69, 9.17) is 11.3 Å². The third kappa shape index (κ3) is 7.16. The van der Waals surface area contributed by atoms with Gasteiger partial charge in [-0.15, -0.1) is 0 Å². The lowest BCUT2D eigenvalue weighted by Gasteiger charge is -2.16. The van der Waals surface area contributed by atoms with Crippen molar-refractivity contribution in [3.63, 3.8) is 0 Å². The third-order valence-corrected chi connectivity index (χ3v) is 3.37. The lowest BCUT2D eigenvalue weighted by molar-refractivity contribution is 0.0731. The summed E-state index contributed by atoms with van der Waals surface area (Å²) in [6, 6.07) is 10.8. The second-order valence-corrected chi connectivity index (χ2v) is 6.74. The van der Waals surface area contributed by atoms with Gasteiger partial charge in [-0.1, -0.05) is 17.2 Å². The summed E-state index contributed by atoms with van der Waals surface area (Å²) >= 11 is 0. The van der Waals surface area contributed by atoms with Crippen LogP contribution in [-0.4, -0.2) is 20.2 Å². The Kier molecular flexibility index (Phi) is 7.67. The van der Waals surface area contributed by atoms with E-state index in [1.54, 1.807) is 52.0 Å². The zero-order chi connectivity index (χ0) is 19.8. The van der Waals surface area contributed by atoms with Crippen LogP contribution in [0.3, 0.4) is 0 Å². The van der Waals surface area contributed by atoms with Gasteiger partial charge in [0.2, 0.25) is 0 Å². The molecule has 4 N–H and O–H groups in total. The Balaban J connectivity index is 0.000000263. The second kappa shape index (κ2) is 9.26. The van der Waals surface area contributed by atoms with Crippen molar-refractivity contribution in [2.24, 2.45) is 10.8 Å². The molecule has 0 radical (unpaired) electrons. The molecule has 0 atom stereocenters. The monoisotopic (exact) mass is 358 g/mol. The largest absolute Gasteiger partial charge is 0.384 e. The smallest absolute Gasteiger partial charge is 0.101 e. The van der Waals surface area contributed by atoms with Crippen molar-refractivity contribution in [2.45, 2.75) is 52.0 Å². The van der Waals surface area contributed by atoms with Gasteiger partial charge in [-0.05, 0) is 57.5 Å². The molecule has 0 saturated carbocycles. The molecule has 2 heterocycles. The molecule has 0 aliphatic rings. The van der Waals surface area contributed by atoms with Gasteiger partial charge < -0.3 is 15.9 Å². The molecule has 0 bridgehead atoms. The zero-order valence-corrected chi connectivity index (χ0v) is 15.6. The number of nitrogens with two attached hydrogens (primary N) is 1. The Morgan fingerprint density at radius 1 is 0.962 bits per heavy atom. The average molecular weight is 358 g/mol. The Morgan fingerprint density at radius 3 is 1.85 bits per heavy atom. The molecular weight excluding hydrogens is 332 g/mol. The van der Waals surface area contributed by atoms with Crippen LogP contribution in [0.25, 0.3) is 10.4 Å². The summed E-state index contributed by atoms with van der Waals surface area (Å²) in [7, 11) is 0. The molecule has 0 saturated heterocycles. The highest BCUT2D eigenvalue weighted by molar-refractivity contribution is 5.16. The lowest BCUT2D eigenvalue weighted by Crippen LogP contribution is -2.18. The summed E-state index contributed by atoms with van der Waals surface area (Å²) in [5.41, 5.74) is 14.4. The molecule has 140 valence electrons. The highest BCUT2D eigenvalue weighted by Crippen LogP contribution is 2.17. The quantitative estimate of drug-likeness (QED) is 0.428. The number of nitrogens with zero attached hydrogens (tertiary/aromatic N) is 5. The molecule has 8 heteroatoms. The molecule has 0 amide bonds. The van der Waals surface area contributed by atoms with Crippen LogP contribution in [0.4, 0.5) is 0 Å². The van der Waals surface area contributed by atoms with E-state index in [2.05, 4.69) is 20.0 Å². The van der Waals surface area contributed by atoms with E-state index in [1.165, 1.54) is 0 Å². The third-order valence-electron chi connectivity index (χ3n) is 3.37. The molecule has 2 rings (SSSR count). The van der Waals surface area contributed by atoms with Crippen LogP contribution in [0.5, 0.6) is 0 Å². The van der Waals surface area contributed by atoms with Gasteiger partial charge in [0, 0.05) is 17.2 Å². The minimum Gasteiger partial charge on any atom is -0.384 e. The van der Waals surface area contributed by atoms with Crippen molar-refractivity contribution in [3.8, 4) is 0 Å². The van der Waals surface area contributed by atoms with Crippen molar-refractivity contribution in [2.75, 3.05) is 0 Å². The number of azide groups is 1. The summed E-state index contributed by atoms with van der Waals surface area (Å²) < 4.78 is 0. The molecule has 0 spiro atoms. The van der Waals surface area contributed by atoms with Crippen LogP contribution >= 0.6 is 0 Å². The predicted octanol–water partition coefficient (Wildman–Crippen LogP) is 2.89. The van der Waals surface area contributed by atoms with E-state index >= 15 is 0 Å². The van der Waals surface area contributed by atoms with Crippen LogP contribution < -0.4 is 5.73 Å². The number of aliphatic hydroxyl groups is 2. The van der Waals surface area contributed by atoms with E-state index in [9.17, 15) is 10.2 Å². The Bertz CT molecular complexity index is 759. The second-order valence-electron chi connectivity index (χ2n) is 6.74. The number of pyridine rings is 2. The van der Waals surface area contributed by atoms with Gasteiger partial charge in [0.1, 0.15) is 11.2 Å². The number of aromatic nitrogens is 2. The van der Waals surface area contributed by atoms with E-state index in [1.807, 2.05) is 12.1 Å². The summed E-state index contributed by atoms with van der Waals surface area (Å²) in [4.78, 5) is 11.0. The van der Waals surface area contributed by atoms with Gasteiger partial charge in [0.25, 0.3) is 0 Å². The summed E-state index contributed by atoms with van der Waals surface area (Å²) in [6.07, 6.45) is 0. The van der Waals surface area contributed by atoms with Crippen LogP contribution in [-0.2, 0) is 24.3 Å². The van der Waals surface area contributed by atoms with Crippen molar-refractivity contribution in [1.82, 2.24) is 9.97 Å². The van der Waals surface area contributed by atoms with Gasteiger partial charge in [0.15, 0.2) is 0 Å². The first-order chi connectivity index (χ1) is 12.1. The van der Waals surface area contributed by atoms with Crippen LogP contribution in [0.1, 0.15) is 50.5 Å². The van der Waals surface area contributed by atoms with Crippen molar-refractivity contribution >= 4 is 0 Å². The SMILES string of the molecule is CC(C)(O)c1cccc(CN)n1.CC(C)(O)c1cccc(CN=[N+]=[N-])n1. The molecule has 0 aliphatic heterocycles. The van der Waals surface area contributed by atoms with E-state index in [0.29, 0.717) is 23.6 Å². The zero-order valence-electron chi connectivity index (χ0n) is 15.6. The minimum atomic E-state index is -0.966. The highest BCUT2D eigenvalue weighted by Gasteiger charge is 2.18. The maximum Gasteiger partial charge on any atom is 0.101 e. The molecule has 0 aliphatic carbocycles. The number of rotatable bonds is 5. The Labute approximate surface area is 153 Å². The fourth-order valence-corrected chi connectivity index (χ4v) is 1.95. The average Bonchev–Trinajstić information content (AvgIpc) is 2.59. The van der Waals surface area contributed by atoms with Crippen molar-refractivity contribution in [3.05, 3.63) is 69.6 Å². The predicted molar refractivity (Wildman–Crippen MR) is 99.7 cm³/mol. The number of hydrogen-bond acceptors (Lipinski definition) is 6. The van der Waals surface area contributed by atoms with Gasteiger partial charge in [-0.2, -0.15) is 0 Å². The molecule has 26 heavy (non-hydrogen) atoms. The molecule has 0 fully saturated rings. The van der Waals surface area contributed by atoms with Crippen molar-refractivity contribution in [1.29, 1.82) is 0 Å². The number of hydrogen-bond donors (Lipinski definition) is 3. The highest BCUT2D eigenvalue weighted by atomic mass is 16.3. The fourth-order valence-electron chi connectivity index (χ4n) is 1.95. The summed E-state index contributed by atoms with van der Waals surface area (Å²) in [5, 5.41) is 22.7. The van der Waals surface area contributed by atoms with Crippen LogP contribution in [0, 0.1) is 0 Å².